The lowest BCUT2D eigenvalue weighted by atomic mass is 9.91. The second-order valence-corrected chi connectivity index (χ2v) is 3.81. The molecular formula is C12H13NO2. The highest BCUT2D eigenvalue weighted by atomic mass is 16.6. The van der Waals surface area contributed by atoms with E-state index in [9.17, 15) is 10.1 Å². The summed E-state index contributed by atoms with van der Waals surface area (Å²) in [6.07, 6.45) is 4.66. The Morgan fingerprint density at radius 2 is 2.07 bits per heavy atom. The van der Waals surface area contributed by atoms with E-state index in [-0.39, 0.29) is 11.5 Å². The molecule has 1 aliphatic rings. The van der Waals surface area contributed by atoms with E-state index in [0.29, 0.717) is 6.42 Å². The Kier molecular flexibility index (Phi) is 2.81. The fraction of sp³-hybridized carbons (Fsp3) is 0.333. The maximum absolute atomic E-state index is 10.3. The Morgan fingerprint density at radius 1 is 1.27 bits per heavy atom. The summed E-state index contributed by atoms with van der Waals surface area (Å²) in [5.74, 6) is 0. The molecule has 0 spiro atoms. The van der Waals surface area contributed by atoms with Crippen LogP contribution in [0.4, 0.5) is 0 Å². The summed E-state index contributed by atoms with van der Waals surface area (Å²) >= 11 is 0. The minimum Gasteiger partial charge on any atom is -0.265 e. The molecule has 0 radical (unpaired) electrons. The lowest BCUT2D eigenvalue weighted by molar-refractivity contribution is -0.479. The standard InChI is InChI=1S/C12H13NO2/c14-13(15)8-7-10-5-6-11-3-1-2-4-12(11)9-10/h1-4,9H,5-8H2. The van der Waals surface area contributed by atoms with Gasteiger partial charge in [0.05, 0.1) is 0 Å². The predicted molar refractivity (Wildman–Crippen MR) is 59.2 cm³/mol. The molecule has 0 N–H and O–H groups in total. The number of hydrogen-bond acceptors (Lipinski definition) is 2. The van der Waals surface area contributed by atoms with E-state index in [1.54, 1.807) is 0 Å². The maximum atomic E-state index is 10.3. The number of benzene rings is 1. The van der Waals surface area contributed by atoms with Gasteiger partial charge in [-0.25, -0.2) is 0 Å². The van der Waals surface area contributed by atoms with Gasteiger partial charge >= 0.3 is 0 Å². The molecule has 0 heterocycles. The first kappa shape index (κ1) is 9.90. The minimum atomic E-state index is -0.249. The molecule has 3 heteroatoms. The zero-order chi connectivity index (χ0) is 10.7. The quantitative estimate of drug-likeness (QED) is 0.560. The average molecular weight is 203 g/mol. The van der Waals surface area contributed by atoms with E-state index in [1.165, 1.54) is 16.7 Å². The molecule has 1 aliphatic carbocycles. The second kappa shape index (κ2) is 4.26. The number of nitrogens with zero attached hydrogens (tertiary/aromatic N) is 1. The minimum absolute atomic E-state index is 0.0496. The van der Waals surface area contributed by atoms with Gasteiger partial charge in [0.25, 0.3) is 0 Å². The first-order valence-corrected chi connectivity index (χ1v) is 5.15. The van der Waals surface area contributed by atoms with Crippen molar-refractivity contribution in [2.24, 2.45) is 0 Å². The molecule has 0 atom stereocenters. The molecule has 15 heavy (non-hydrogen) atoms. The second-order valence-electron chi connectivity index (χ2n) is 3.81. The highest BCUT2D eigenvalue weighted by molar-refractivity contribution is 5.59. The van der Waals surface area contributed by atoms with Gasteiger partial charge < -0.3 is 0 Å². The zero-order valence-electron chi connectivity index (χ0n) is 8.48. The van der Waals surface area contributed by atoms with Crippen LogP contribution in [0.1, 0.15) is 24.0 Å². The Labute approximate surface area is 88.6 Å². The van der Waals surface area contributed by atoms with E-state index in [2.05, 4.69) is 18.2 Å². The van der Waals surface area contributed by atoms with Crippen LogP contribution in [0.25, 0.3) is 6.08 Å². The highest BCUT2D eigenvalue weighted by Crippen LogP contribution is 2.25. The van der Waals surface area contributed by atoms with Crippen LogP contribution in [0.2, 0.25) is 0 Å². The van der Waals surface area contributed by atoms with Crippen LogP contribution < -0.4 is 0 Å². The normalized spacial score (nSPS) is 14.3. The van der Waals surface area contributed by atoms with Crippen LogP contribution in [0.3, 0.4) is 0 Å². The van der Waals surface area contributed by atoms with Crippen LogP contribution in [-0.4, -0.2) is 11.5 Å². The van der Waals surface area contributed by atoms with E-state index >= 15 is 0 Å². The Morgan fingerprint density at radius 3 is 2.87 bits per heavy atom. The van der Waals surface area contributed by atoms with Gasteiger partial charge in [-0.3, -0.25) is 10.1 Å². The third-order valence-corrected chi connectivity index (χ3v) is 2.75. The molecule has 1 aromatic carbocycles. The van der Waals surface area contributed by atoms with Gasteiger partial charge in [0.15, 0.2) is 0 Å². The first-order valence-electron chi connectivity index (χ1n) is 5.15. The molecule has 0 bridgehead atoms. The van der Waals surface area contributed by atoms with Crippen molar-refractivity contribution in [2.75, 3.05) is 6.54 Å². The van der Waals surface area contributed by atoms with Crippen molar-refractivity contribution in [2.45, 2.75) is 19.3 Å². The molecule has 3 nitrogen and oxygen atoms in total. The monoisotopic (exact) mass is 203 g/mol. The van der Waals surface area contributed by atoms with E-state index in [0.717, 1.165) is 12.8 Å². The number of hydrogen-bond donors (Lipinski definition) is 0. The smallest absolute Gasteiger partial charge is 0.207 e. The molecule has 0 unspecified atom stereocenters. The van der Waals surface area contributed by atoms with Crippen molar-refractivity contribution in [3.8, 4) is 0 Å². The molecule has 0 amide bonds. The van der Waals surface area contributed by atoms with E-state index in [4.69, 9.17) is 0 Å². The van der Waals surface area contributed by atoms with Crippen molar-refractivity contribution in [3.05, 3.63) is 51.1 Å². The maximum Gasteiger partial charge on any atom is 0.207 e. The summed E-state index contributed by atoms with van der Waals surface area (Å²) in [5, 5.41) is 10.3. The average Bonchev–Trinajstić information content (AvgIpc) is 2.26. The number of fused-ring (bicyclic) bond motifs is 1. The summed E-state index contributed by atoms with van der Waals surface area (Å²) in [6.45, 7) is 0.0496. The molecule has 0 aromatic heterocycles. The number of rotatable bonds is 3. The fourth-order valence-corrected chi connectivity index (χ4v) is 1.92. The summed E-state index contributed by atoms with van der Waals surface area (Å²) in [7, 11) is 0. The molecule has 78 valence electrons. The zero-order valence-corrected chi connectivity index (χ0v) is 8.48. The van der Waals surface area contributed by atoms with E-state index < -0.39 is 0 Å². The summed E-state index contributed by atoms with van der Waals surface area (Å²) in [4.78, 5) is 10.0. The Bertz CT molecular complexity index is 410. The molecule has 0 saturated carbocycles. The van der Waals surface area contributed by atoms with Crippen LogP contribution in [-0.2, 0) is 6.42 Å². The molecule has 2 rings (SSSR count). The van der Waals surface area contributed by atoms with Crippen LogP contribution in [0, 0.1) is 10.1 Å². The third kappa shape index (κ3) is 2.43. The highest BCUT2D eigenvalue weighted by Gasteiger charge is 2.11. The van der Waals surface area contributed by atoms with Gasteiger partial charge in [0.2, 0.25) is 6.54 Å². The van der Waals surface area contributed by atoms with Gasteiger partial charge in [-0.15, -0.1) is 0 Å². The Hall–Kier alpha value is -1.64. The molecule has 0 fully saturated rings. The summed E-state index contributed by atoms with van der Waals surface area (Å²) < 4.78 is 0. The van der Waals surface area contributed by atoms with Gasteiger partial charge in [-0.1, -0.05) is 35.9 Å². The van der Waals surface area contributed by atoms with Crippen LogP contribution in [0.5, 0.6) is 0 Å². The lowest BCUT2D eigenvalue weighted by Gasteiger charge is -2.14. The number of aryl methyl sites for hydroxylation is 1. The van der Waals surface area contributed by atoms with Crippen LogP contribution >= 0.6 is 0 Å². The molecule has 0 aliphatic heterocycles. The number of nitro groups is 1. The summed E-state index contributed by atoms with van der Waals surface area (Å²) in [5.41, 5.74) is 3.77. The van der Waals surface area contributed by atoms with Gasteiger partial charge in [-0.05, 0) is 24.0 Å². The van der Waals surface area contributed by atoms with Crippen molar-refractivity contribution in [1.29, 1.82) is 0 Å². The lowest BCUT2D eigenvalue weighted by Crippen LogP contribution is -2.05. The third-order valence-electron chi connectivity index (χ3n) is 2.75. The molecule has 1 aromatic rings. The van der Waals surface area contributed by atoms with Gasteiger partial charge in [-0.2, -0.15) is 0 Å². The molecular weight excluding hydrogens is 190 g/mol. The van der Waals surface area contributed by atoms with Crippen molar-refractivity contribution < 1.29 is 4.92 Å². The van der Waals surface area contributed by atoms with Crippen molar-refractivity contribution >= 4 is 6.08 Å². The van der Waals surface area contributed by atoms with Crippen molar-refractivity contribution in [3.63, 3.8) is 0 Å². The summed E-state index contributed by atoms with van der Waals surface area (Å²) in [6, 6.07) is 8.23. The Balaban J connectivity index is 2.11. The van der Waals surface area contributed by atoms with E-state index in [1.807, 2.05) is 12.1 Å². The fourth-order valence-electron chi connectivity index (χ4n) is 1.92. The topological polar surface area (TPSA) is 43.1 Å². The van der Waals surface area contributed by atoms with Crippen LogP contribution in [0.15, 0.2) is 29.8 Å². The largest absolute Gasteiger partial charge is 0.265 e. The van der Waals surface area contributed by atoms with Gasteiger partial charge in [0.1, 0.15) is 0 Å². The predicted octanol–water partition coefficient (Wildman–Crippen LogP) is 2.68. The van der Waals surface area contributed by atoms with Crippen molar-refractivity contribution in [1.82, 2.24) is 0 Å². The first-order chi connectivity index (χ1) is 7.25. The molecule has 0 saturated heterocycles. The van der Waals surface area contributed by atoms with Gasteiger partial charge in [0, 0.05) is 11.3 Å². The SMILES string of the molecule is O=[N+]([O-])CCC1=Cc2ccccc2CC1.